The first-order chi connectivity index (χ1) is 13.6. The molecule has 0 saturated heterocycles. The van der Waals surface area contributed by atoms with Gasteiger partial charge in [0.1, 0.15) is 28.5 Å². The summed E-state index contributed by atoms with van der Waals surface area (Å²) in [7, 11) is 0. The number of nitrogen functional groups attached to an aromatic ring is 2. The molecule has 0 radical (unpaired) electrons. The van der Waals surface area contributed by atoms with Crippen LogP contribution in [-0.4, -0.2) is 9.97 Å². The van der Waals surface area contributed by atoms with Crippen LogP contribution in [0.4, 0.5) is 10.9 Å². The van der Waals surface area contributed by atoms with Crippen molar-refractivity contribution in [3.63, 3.8) is 0 Å². The summed E-state index contributed by atoms with van der Waals surface area (Å²) in [6.07, 6.45) is 2.03. The number of thiazole rings is 1. The number of thioether (sulfide) groups is 1. The summed E-state index contributed by atoms with van der Waals surface area (Å²) in [6, 6.07) is 12.2. The van der Waals surface area contributed by atoms with Gasteiger partial charge in [-0.15, -0.1) is 11.3 Å². The Morgan fingerprint density at radius 2 is 1.79 bits per heavy atom. The molecule has 0 bridgehead atoms. The van der Waals surface area contributed by atoms with Crippen LogP contribution in [0.2, 0.25) is 0 Å². The summed E-state index contributed by atoms with van der Waals surface area (Å²) in [5.41, 5.74) is 15.6. The summed E-state index contributed by atoms with van der Waals surface area (Å²) in [4.78, 5) is 8.54. The third-order valence-electron chi connectivity index (χ3n) is 4.12. The van der Waals surface area contributed by atoms with Gasteiger partial charge in [-0.3, -0.25) is 0 Å². The number of nitrogens with two attached hydrogens (primary N) is 2. The lowest BCUT2D eigenvalue weighted by atomic mass is 9.95. The van der Waals surface area contributed by atoms with E-state index < -0.39 is 0 Å². The summed E-state index contributed by atoms with van der Waals surface area (Å²) in [6.45, 7) is 2.12. The lowest BCUT2D eigenvalue weighted by Crippen LogP contribution is -2.03. The van der Waals surface area contributed by atoms with E-state index in [4.69, 9.17) is 11.5 Å². The average Bonchev–Trinajstić information content (AvgIpc) is 3.12. The van der Waals surface area contributed by atoms with Gasteiger partial charge in [0.15, 0.2) is 5.13 Å². The quantitative estimate of drug-likeness (QED) is 0.582. The van der Waals surface area contributed by atoms with Crippen molar-refractivity contribution >= 4 is 34.0 Å². The van der Waals surface area contributed by atoms with Crippen LogP contribution >= 0.6 is 23.1 Å². The molecule has 0 fully saturated rings. The molecule has 0 aliphatic heterocycles. The number of rotatable bonds is 6. The fourth-order valence-corrected chi connectivity index (χ4v) is 4.40. The van der Waals surface area contributed by atoms with Crippen LogP contribution in [0.1, 0.15) is 35.7 Å². The first-order valence-electron chi connectivity index (χ1n) is 8.63. The van der Waals surface area contributed by atoms with Gasteiger partial charge < -0.3 is 11.5 Å². The highest BCUT2D eigenvalue weighted by atomic mass is 32.2. The minimum atomic E-state index is 0.120. The lowest BCUT2D eigenvalue weighted by molar-refractivity contribution is 0.922. The van der Waals surface area contributed by atoms with E-state index in [0.29, 0.717) is 27.0 Å². The second kappa shape index (κ2) is 8.75. The van der Waals surface area contributed by atoms with E-state index in [9.17, 15) is 10.5 Å². The second-order valence-corrected chi connectivity index (χ2v) is 7.92. The molecule has 28 heavy (non-hydrogen) atoms. The molecule has 1 aromatic carbocycles. The molecule has 8 heteroatoms. The van der Waals surface area contributed by atoms with Crippen LogP contribution < -0.4 is 11.5 Å². The topological polar surface area (TPSA) is 125 Å². The van der Waals surface area contributed by atoms with Crippen LogP contribution in [0, 0.1) is 22.7 Å². The first-order valence-corrected chi connectivity index (χ1v) is 10.5. The molecule has 3 rings (SSSR count). The molecule has 0 unspecified atom stereocenters. The number of aromatic nitrogens is 2. The fraction of sp³-hybridized carbons (Fsp3) is 0.200. The van der Waals surface area contributed by atoms with Crippen molar-refractivity contribution in [1.29, 1.82) is 10.5 Å². The molecule has 0 aliphatic rings. The number of nitriles is 2. The van der Waals surface area contributed by atoms with E-state index in [1.807, 2.05) is 29.6 Å². The van der Waals surface area contributed by atoms with E-state index in [1.165, 1.54) is 28.7 Å². The predicted molar refractivity (Wildman–Crippen MR) is 114 cm³/mol. The van der Waals surface area contributed by atoms with Crippen molar-refractivity contribution in [2.45, 2.75) is 30.5 Å². The molecule has 0 aliphatic carbocycles. The summed E-state index contributed by atoms with van der Waals surface area (Å²) in [5.74, 6) is 0.629. The van der Waals surface area contributed by atoms with Crippen LogP contribution in [-0.2, 0) is 12.2 Å². The Kier molecular flexibility index (Phi) is 6.15. The summed E-state index contributed by atoms with van der Waals surface area (Å²) < 4.78 is 0. The number of anilines is 2. The SMILES string of the molecule is CCCc1ccc(-c2c(C#N)c(N)nc(SCc3csc(N)n3)c2C#N)cc1. The molecule has 0 amide bonds. The maximum atomic E-state index is 9.82. The van der Waals surface area contributed by atoms with E-state index in [1.54, 1.807) is 0 Å². The third-order valence-corrected chi connectivity index (χ3v) is 5.85. The number of nitrogens with zero attached hydrogens (tertiary/aromatic N) is 4. The highest BCUT2D eigenvalue weighted by molar-refractivity contribution is 7.98. The van der Waals surface area contributed by atoms with Gasteiger partial charge in [0, 0.05) is 16.7 Å². The average molecular weight is 407 g/mol. The Labute approximate surface area is 171 Å². The standard InChI is InChI=1S/C20H18N6S2/c1-2-3-12-4-6-13(7-5-12)17-15(8-21)18(23)26-19(16(17)9-22)27-10-14-11-28-20(24)25-14/h4-7,11H,2-3,10H2,1H3,(H2,23,26)(H2,24,25). The van der Waals surface area contributed by atoms with Gasteiger partial charge in [-0.1, -0.05) is 49.4 Å². The predicted octanol–water partition coefficient (Wildman–Crippen LogP) is 4.36. The van der Waals surface area contributed by atoms with Crippen LogP contribution in [0.5, 0.6) is 0 Å². The van der Waals surface area contributed by atoms with Crippen molar-refractivity contribution in [3.8, 4) is 23.3 Å². The van der Waals surface area contributed by atoms with Gasteiger partial charge >= 0.3 is 0 Å². The van der Waals surface area contributed by atoms with Gasteiger partial charge in [0.25, 0.3) is 0 Å². The van der Waals surface area contributed by atoms with E-state index >= 15 is 0 Å². The van der Waals surface area contributed by atoms with Crippen molar-refractivity contribution in [3.05, 3.63) is 52.0 Å². The molecule has 3 aromatic rings. The van der Waals surface area contributed by atoms with Gasteiger partial charge in [-0.2, -0.15) is 10.5 Å². The van der Waals surface area contributed by atoms with E-state index in [0.717, 1.165) is 24.1 Å². The molecule has 0 spiro atoms. The largest absolute Gasteiger partial charge is 0.383 e. The molecule has 4 N–H and O–H groups in total. The van der Waals surface area contributed by atoms with Crippen molar-refractivity contribution in [2.24, 2.45) is 0 Å². The van der Waals surface area contributed by atoms with Crippen LogP contribution in [0.15, 0.2) is 34.7 Å². The lowest BCUT2D eigenvalue weighted by Gasteiger charge is -2.13. The number of benzene rings is 1. The van der Waals surface area contributed by atoms with Gasteiger partial charge in [0.05, 0.1) is 11.3 Å². The normalized spacial score (nSPS) is 10.4. The van der Waals surface area contributed by atoms with Crippen molar-refractivity contribution in [2.75, 3.05) is 11.5 Å². The number of hydrogen-bond donors (Lipinski definition) is 2. The Hall–Kier alpha value is -3.07. The Balaban J connectivity index is 2.05. The van der Waals surface area contributed by atoms with Gasteiger partial charge in [0.2, 0.25) is 0 Å². The fourth-order valence-electron chi connectivity index (χ4n) is 2.85. The Bertz CT molecular complexity index is 1070. The zero-order chi connectivity index (χ0) is 20.1. The molecule has 2 heterocycles. The van der Waals surface area contributed by atoms with Gasteiger partial charge in [-0.25, -0.2) is 9.97 Å². The highest BCUT2D eigenvalue weighted by Gasteiger charge is 2.20. The summed E-state index contributed by atoms with van der Waals surface area (Å²) in [5, 5.41) is 22.3. The zero-order valence-corrected chi connectivity index (χ0v) is 16.9. The zero-order valence-electron chi connectivity index (χ0n) is 15.3. The Morgan fingerprint density at radius 1 is 1.07 bits per heavy atom. The monoisotopic (exact) mass is 406 g/mol. The highest BCUT2D eigenvalue weighted by Crippen LogP contribution is 2.36. The molecule has 0 saturated carbocycles. The minimum Gasteiger partial charge on any atom is -0.383 e. The molecule has 2 aromatic heterocycles. The molecular weight excluding hydrogens is 388 g/mol. The van der Waals surface area contributed by atoms with Gasteiger partial charge in [-0.05, 0) is 17.5 Å². The molecule has 6 nitrogen and oxygen atoms in total. The van der Waals surface area contributed by atoms with Crippen LogP contribution in [0.25, 0.3) is 11.1 Å². The number of pyridine rings is 1. The van der Waals surface area contributed by atoms with Crippen LogP contribution in [0.3, 0.4) is 0 Å². The second-order valence-electron chi connectivity index (χ2n) is 6.06. The third kappa shape index (κ3) is 4.09. The van der Waals surface area contributed by atoms with Crippen molar-refractivity contribution < 1.29 is 0 Å². The maximum Gasteiger partial charge on any atom is 0.180 e. The summed E-state index contributed by atoms with van der Waals surface area (Å²) >= 11 is 2.72. The molecule has 0 atom stereocenters. The van der Waals surface area contributed by atoms with E-state index in [-0.39, 0.29) is 11.4 Å². The molecule has 140 valence electrons. The first kappa shape index (κ1) is 19.7. The number of aryl methyl sites for hydroxylation is 1. The maximum absolute atomic E-state index is 9.82. The van der Waals surface area contributed by atoms with Crippen molar-refractivity contribution in [1.82, 2.24) is 9.97 Å². The number of hydrogen-bond acceptors (Lipinski definition) is 8. The Morgan fingerprint density at radius 3 is 2.36 bits per heavy atom. The minimum absolute atomic E-state index is 0.120. The van der Waals surface area contributed by atoms with E-state index in [2.05, 4.69) is 29.0 Å². The smallest absolute Gasteiger partial charge is 0.180 e. The molecular formula is C20H18N6S2.